The smallest absolute Gasteiger partial charge is 0.251 e. The fourth-order valence-corrected chi connectivity index (χ4v) is 2.46. The van der Waals surface area contributed by atoms with Crippen molar-refractivity contribution in [3.8, 4) is 0 Å². The van der Waals surface area contributed by atoms with Gasteiger partial charge in [0.25, 0.3) is 5.91 Å². The lowest BCUT2D eigenvalue weighted by atomic mass is 10.1. The minimum absolute atomic E-state index is 0.0598. The van der Waals surface area contributed by atoms with Crippen LogP contribution in [0.2, 0.25) is 0 Å². The summed E-state index contributed by atoms with van der Waals surface area (Å²) in [7, 11) is 0. The van der Waals surface area contributed by atoms with E-state index in [0.29, 0.717) is 13.1 Å². The monoisotopic (exact) mass is 242 g/mol. The van der Waals surface area contributed by atoms with Crippen LogP contribution in [0.3, 0.4) is 0 Å². The fraction of sp³-hybridized carbons (Fsp3) is 0.917. The van der Waals surface area contributed by atoms with E-state index in [1.807, 2.05) is 11.8 Å². The minimum Gasteiger partial charge on any atom is -0.377 e. The van der Waals surface area contributed by atoms with Crippen LogP contribution < -0.4 is 5.73 Å². The first-order valence-electron chi connectivity index (χ1n) is 6.46. The van der Waals surface area contributed by atoms with E-state index in [0.717, 1.165) is 32.4 Å². The van der Waals surface area contributed by atoms with Crippen LogP contribution in [0.15, 0.2) is 0 Å². The van der Waals surface area contributed by atoms with E-state index in [2.05, 4.69) is 0 Å². The Labute approximate surface area is 102 Å². The van der Waals surface area contributed by atoms with Crippen LogP contribution in [0.1, 0.15) is 26.2 Å². The Balaban J connectivity index is 1.90. The molecule has 0 spiro atoms. The zero-order valence-corrected chi connectivity index (χ0v) is 10.4. The molecular formula is C12H22N2O3. The zero-order valence-electron chi connectivity index (χ0n) is 10.4. The molecule has 2 aliphatic rings. The standard InChI is InChI=1S/C12H22N2O3/c1-9-8-14(5-2-6-16-9)12(15)11-4-3-10(7-13)17-11/h9-11H,2-8,13H2,1H3/t9?,10-,11+/m1/s1. The first kappa shape index (κ1) is 12.8. The van der Waals surface area contributed by atoms with E-state index < -0.39 is 0 Å². The van der Waals surface area contributed by atoms with Gasteiger partial charge < -0.3 is 20.1 Å². The Kier molecular flexibility index (Phi) is 4.36. The van der Waals surface area contributed by atoms with E-state index in [9.17, 15) is 4.79 Å². The molecule has 17 heavy (non-hydrogen) atoms. The quantitative estimate of drug-likeness (QED) is 0.747. The highest BCUT2D eigenvalue weighted by Crippen LogP contribution is 2.21. The summed E-state index contributed by atoms with van der Waals surface area (Å²) in [6, 6.07) is 0. The van der Waals surface area contributed by atoms with Gasteiger partial charge in [-0.3, -0.25) is 4.79 Å². The molecule has 0 bridgehead atoms. The molecule has 2 saturated heterocycles. The average molecular weight is 242 g/mol. The summed E-state index contributed by atoms with van der Waals surface area (Å²) >= 11 is 0. The molecule has 1 amide bonds. The number of ether oxygens (including phenoxy) is 2. The number of hydrogen-bond acceptors (Lipinski definition) is 4. The highest BCUT2D eigenvalue weighted by atomic mass is 16.5. The highest BCUT2D eigenvalue weighted by Gasteiger charge is 2.33. The molecule has 98 valence electrons. The number of carbonyl (C=O) groups is 1. The van der Waals surface area contributed by atoms with Crippen LogP contribution >= 0.6 is 0 Å². The first-order valence-corrected chi connectivity index (χ1v) is 6.46. The molecule has 2 heterocycles. The first-order chi connectivity index (χ1) is 8.20. The molecule has 0 aromatic rings. The summed E-state index contributed by atoms with van der Waals surface area (Å²) in [5, 5.41) is 0. The molecule has 0 aliphatic carbocycles. The topological polar surface area (TPSA) is 64.8 Å². The molecule has 0 aromatic heterocycles. The van der Waals surface area contributed by atoms with Crippen molar-refractivity contribution < 1.29 is 14.3 Å². The number of carbonyl (C=O) groups excluding carboxylic acids is 1. The SMILES string of the molecule is CC1CN(C(=O)[C@@H]2CC[C@H](CN)O2)CCCO1. The molecule has 0 radical (unpaired) electrons. The second-order valence-electron chi connectivity index (χ2n) is 4.88. The van der Waals surface area contributed by atoms with Gasteiger partial charge in [-0.1, -0.05) is 0 Å². The van der Waals surface area contributed by atoms with Gasteiger partial charge in [0.1, 0.15) is 6.10 Å². The van der Waals surface area contributed by atoms with Crippen molar-refractivity contribution >= 4 is 5.91 Å². The summed E-state index contributed by atoms with van der Waals surface area (Å²) in [5.41, 5.74) is 5.55. The predicted molar refractivity (Wildman–Crippen MR) is 63.6 cm³/mol. The summed E-state index contributed by atoms with van der Waals surface area (Å²) in [6.07, 6.45) is 2.49. The number of hydrogen-bond donors (Lipinski definition) is 1. The van der Waals surface area contributed by atoms with Crippen molar-refractivity contribution in [1.82, 2.24) is 4.90 Å². The Morgan fingerprint density at radius 3 is 3.00 bits per heavy atom. The lowest BCUT2D eigenvalue weighted by Gasteiger charge is -2.25. The fourth-order valence-electron chi connectivity index (χ4n) is 2.46. The number of amides is 1. The van der Waals surface area contributed by atoms with Gasteiger partial charge in [0.2, 0.25) is 0 Å². The maximum atomic E-state index is 12.3. The Bertz CT molecular complexity index is 272. The van der Waals surface area contributed by atoms with Crippen molar-refractivity contribution in [2.24, 2.45) is 5.73 Å². The zero-order chi connectivity index (χ0) is 12.3. The van der Waals surface area contributed by atoms with Crippen molar-refractivity contribution in [2.45, 2.75) is 44.5 Å². The van der Waals surface area contributed by atoms with Gasteiger partial charge in [-0.2, -0.15) is 0 Å². The normalized spacial score (nSPS) is 34.7. The van der Waals surface area contributed by atoms with Crippen molar-refractivity contribution in [3.63, 3.8) is 0 Å². The van der Waals surface area contributed by atoms with Crippen LogP contribution in [-0.2, 0) is 14.3 Å². The third-order valence-corrected chi connectivity index (χ3v) is 3.41. The molecule has 2 aliphatic heterocycles. The van der Waals surface area contributed by atoms with E-state index in [1.165, 1.54) is 0 Å². The van der Waals surface area contributed by atoms with E-state index in [4.69, 9.17) is 15.2 Å². The molecule has 5 heteroatoms. The van der Waals surface area contributed by atoms with Crippen LogP contribution in [0.4, 0.5) is 0 Å². The largest absolute Gasteiger partial charge is 0.377 e. The molecule has 3 atom stereocenters. The van der Waals surface area contributed by atoms with Gasteiger partial charge in [-0.25, -0.2) is 0 Å². The second kappa shape index (κ2) is 5.80. The predicted octanol–water partition coefficient (Wildman–Crippen LogP) is 0.130. The molecule has 2 rings (SSSR count). The summed E-state index contributed by atoms with van der Waals surface area (Å²) < 4.78 is 11.2. The lowest BCUT2D eigenvalue weighted by molar-refractivity contribution is -0.143. The Morgan fingerprint density at radius 1 is 1.47 bits per heavy atom. The van der Waals surface area contributed by atoms with E-state index in [-0.39, 0.29) is 24.2 Å². The second-order valence-corrected chi connectivity index (χ2v) is 4.88. The number of nitrogens with zero attached hydrogens (tertiary/aromatic N) is 1. The van der Waals surface area contributed by atoms with Gasteiger partial charge in [0, 0.05) is 26.2 Å². The van der Waals surface area contributed by atoms with Crippen molar-refractivity contribution in [1.29, 1.82) is 0 Å². The number of rotatable bonds is 2. The Morgan fingerprint density at radius 2 is 2.29 bits per heavy atom. The van der Waals surface area contributed by atoms with Crippen LogP contribution in [0.25, 0.3) is 0 Å². The van der Waals surface area contributed by atoms with E-state index >= 15 is 0 Å². The van der Waals surface area contributed by atoms with Crippen LogP contribution in [-0.4, -0.2) is 55.4 Å². The Hall–Kier alpha value is -0.650. The maximum Gasteiger partial charge on any atom is 0.251 e. The summed E-state index contributed by atoms with van der Waals surface area (Å²) in [6.45, 7) is 4.69. The molecule has 2 fully saturated rings. The molecule has 0 saturated carbocycles. The molecule has 0 aromatic carbocycles. The maximum absolute atomic E-state index is 12.3. The summed E-state index contributed by atoms with van der Waals surface area (Å²) in [5.74, 6) is 0.110. The van der Waals surface area contributed by atoms with Crippen molar-refractivity contribution in [3.05, 3.63) is 0 Å². The third-order valence-electron chi connectivity index (χ3n) is 3.41. The molecular weight excluding hydrogens is 220 g/mol. The molecule has 2 N–H and O–H groups in total. The lowest BCUT2D eigenvalue weighted by Crippen LogP contribution is -2.42. The van der Waals surface area contributed by atoms with Crippen LogP contribution in [0.5, 0.6) is 0 Å². The van der Waals surface area contributed by atoms with Crippen LogP contribution in [0, 0.1) is 0 Å². The minimum atomic E-state index is -0.283. The van der Waals surface area contributed by atoms with Gasteiger partial charge in [0.15, 0.2) is 0 Å². The van der Waals surface area contributed by atoms with Gasteiger partial charge in [0.05, 0.1) is 12.2 Å². The van der Waals surface area contributed by atoms with Gasteiger partial charge in [-0.15, -0.1) is 0 Å². The van der Waals surface area contributed by atoms with Gasteiger partial charge in [-0.05, 0) is 26.2 Å². The highest BCUT2D eigenvalue weighted by molar-refractivity contribution is 5.81. The van der Waals surface area contributed by atoms with Gasteiger partial charge >= 0.3 is 0 Å². The van der Waals surface area contributed by atoms with Crippen molar-refractivity contribution in [2.75, 3.05) is 26.2 Å². The number of nitrogens with two attached hydrogens (primary N) is 1. The molecule has 1 unspecified atom stereocenters. The van der Waals surface area contributed by atoms with E-state index in [1.54, 1.807) is 0 Å². The third kappa shape index (κ3) is 3.18. The molecule has 5 nitrogen and oxygen atoms in total. The summed E-state index contributed by atoms with van der Waals surface area (Å²) in [4.78, 5) is 14.1. The average Bonchev–Trinajstić information content (AvgIpc) is 2.71.